The zero-order valence-electron chi connectivity index (χ0n) is 12.4. The minimum atomic E-state index is -0.946. The Hall–Kier alpha value is -1.76. The van der Waals surface area contributed by atoms with Crippen LogP contribution in [0, 0.1) is 5.92 Å². The number of carbonyl (C=O) groups is 1. The highest BCUT2D eigenvalue weighted by Gasteiger charge is 2.45. The maximum atomic E-state index is 12.4. The third-order valence-corrected chi connectivity index (χ3v) is 6.14. The number of aromatic nitrogens is 1. The van der Waals surface area contributed by atoms with E-state index < -0.39 is 5.60 Å². The average Bonchev–Trinajstić information content (AvgIpc) is 3.10. The molecule has 1 atom stereocenters. The van der Waals surface area contributed by atoms with Crippen molar-refractivity contribution in [2.75, 3.05) is 6.54 Å². The molecule has 4 rings (SSSR count). The normalized spacial score (nSPS) is 17.1. The molecular weight excluding hydrogens is 328 g/mol. The van der Waals surface area contributed by atoms with Gasteiger partial charge in [-0.2, -0.15) is 0 Å². The number of aliphatic hydroxyl groups is 1. The van der Waals surface area contributed by atoms with Crippen molar-refractivity contribution in [3.63, 3.8) is 0 Å². The summed E-state index contributed by atoms with van der Waals surface area (Å²) in [7, 11) is 0. The van der Waals surface area contributed by atoms with Crippen LogP contribution in [0.4, 0.5) is 0 Å². The second kappa shape index (κ2) is 5.70. The first-order valence-electron chi connectivity index (χ1n) is 7.54. The van der Waals surface area contributed by atoms with Crippen LogP contribution in [-0.4, -0.2) is 22.5 Å². The third kappa shape index (κ3) is 2.78. The van der Waals surface area contributed by atoms with E-state index in [1.54, 1.807) is 22.9 Å². The van der Waals surface area contributed by atoms with Gasteiger partial charge in [0.1, 0.15) is 5.60 Å². The molecule has 0 saturated heterocycles. The van der Waals surface area contributed by atoms with Gasteiger partial charge in [0.15, 0.2) is 0 Å². The summed E-state index contributed by atoms with van der Waals surface area (Å²) in [6, 6.07) is 9.36. The van der Waals surface area contributed by atoms with E-state index in [2.05, 4.69) is 10.3 Å². The van der Waals surface area contributed by atoms with E-state index in [9.17, 15) is 9.90 Å². The fourth-order valence-electron chi connectivity index (χ4n) is 2.83. The molecule has 23 heavy (non-hydrogen) atoms. The smallest absolute Gasteiger partial charge is 0.251 e. The van der Waals surface area contributed by atoms with E-state index in [1.165, 1.54) is 11.3 Å². The number of carbonyl (C=O) groups excluding carboxylic acids is 1. The number of hydrogen-bond acceptors (Lipinski definition) is 5. The molecule has 1 aromatic carbocycles. The zero-order chi connectivity index (χ0) is 15.9. The molecule has 0 radical (unpaired) electrons. The van der Waals surface area contributed by atoms with Gasteiger partial charge in [-0.05, 0) is 48.4 Å². The Balaban J connectivity index is 1.51. The quantitative estimate of drug-likeness (QED) is 0.746. The van der Waals surface area contributed by atoms with Crippen LogP contribution in [0.15, 0.2) is 41.2 Å². The van der Waals surface area contributed by atoms with E-state index >= 15 is 0 Å². The lowest BCUT2D eigenvalue weighted by Crippen LogP contribution is -2.42. The SMILES string of the molecule is O=C(NCC(O)(c1cccs1)C1CC1)c1ccc2ncsc2c1. The first-order chi connectivity index (χ1) is 11.2. The molecular formula is C17H16N2O2S2. The van der Waals surface area contributed by atoms with Gasteiger partial charge in [0.2, 0.25) is 0 Å². The van der Waals surface area contributed by atoms with Crippen LogP contribution in [0.1, 0.15) is 28.1 Å². The second-order valence-corrected chi connectivity index (χ2v) is 7.73. The van der Waals surface area contributed by atoms with E-state index in [0.29, 0.717) is 5.56 Å². The standard InChI is InChI=1S/C17H16N2O2S2/c20-16(11-3-6-13-14(8-11)23-10-19-13)18-9-17(21,12-4-5-12)15-2-1-7-22-15/h1-3,6-8,10,12,21H,4-5,9H2,(H,18,20). The summed E-state index contributed by atoms with van der Waals surface area (Å²) in [5, 5.41) is 15.9. The van der Waals surface area contributed by atoms with Gasteiger partial charge >= 0.3 is 0 Å². The van der Waals surface area contributed by atoms with Gasteiger partial charge in [0, 0.05) is 10.4 Å². The monoisotopic (exact) mass is 344 g/mol. The topological polar surface area (TPSA) is 62.2 Å². The number of hydrogen-bond donors (Lipinski definition) is 2. The van der Waals surface area contributed by atoms with Crippen LogP contribution in [0.25, 0.3) is 10.2 Å². The summed E-state index contributed by atoms with van der Waals surface area (Å²) in [6.07, 6.45) is 2.02. The van der Waals surface area contributed by atoms with Crippen molar-refractivity contribution < 1.29 is 9.90 Å². The molecule has 2 N–H and O–H groups in total. The molecule has 0 bridgehead atoms. The summed E-state index contributed by atoms with van der Waals surface area (Å²) in [4.78, 5) is 17.6. The summed E-state index contributed by atoms with van der Waals surface area (Å²) >= 11 is 3.06. The van der Waals surface area contributed by atoms with E-state index in [1.807, 2.05) is 29.6 Å². The van der Waals surface area contributed by atoms with Crippen molar-refractivity contribution in [2.24, 2.45) is 5.92 Å². The molecule has 1 aliphatic carbocycles. The fourth-order valence-corrected chi connectivity index (χ4v) is 4.45. The number of nitrogens with zero attached hydrogens (tertiary/aromatic N) is 1. The summed E-state index contributed by atoms with van der Waals surface area (Å²) < 4.78 is 0.994. The highest BCUT2D eigenvalue weighted by molar-refractivity contribution is 7.16. The molecule has 0 aliphatic heterocycles. The largest absolute Gasteiger partial charge is 0.382 e. The number of rotatable bonds is 5. The lowest BCUT2D eigenvalue weighted by atomic mass is 9.95. The number of thiazole rings is 1. The Kier molecular flexibility index (Phi) is 3.67. The van der Waals surface area contributed by atoms with Crippen LogP contribution in [0.2, 0.25) is 0 Å². The average molecular weight is 344 g/mol. The predicted octanol–water partition coefficient (Wildman–Crippen LogP) is 3.39. The van der Waals surface area contributed by atoms with Crippen molar-refractivity contribution in [1.29, 1.82) is 0 Å². The summed E-state index contributed by atoms with van der Waals surface area (Å²) in [6.45, 7) is 0.248. The lowest BCUT2D eigenvalue weighted by Gasteiger charge is -2.27. The Morgan fingerprint density at radius 3 is 2.96 bits per heavy atom. The van der Waals surface area contributed by atoms with Crippen LogP contribution in [-0.2, 0) is 5.60 Å². The molecule has 1 saturated carbocycles. The number of benzene rings is 1. The van der Waals surface area contributed by atoms with Crippen molar-refractivity contribution in [2.45, 2.75) is 18.4 Å². The van der Waals surface area contributed by atoms with Gasteiger partial charge in [-0.25, -0.2) is 4.98 Å². The highest BCUT2D eigenvalue weighted by atomic mass is 32.1. The Morgan fingerprint density at radius 1 is 1.35 bits per heavy atom. The van der Waals surface area contributed by atoms with Gasteiger partial charge in [-0.15, -0.1) is 22.7 Å². The maximum Gasteiger partial charge on any atom is 0.251 e. The number of thiophene rings is 1. The lowest BCUT2D eigenvalue weighted by molar-refractivity contribution is 0.0169. The first-order valence-corrected chi connectivity index (χ1v) is 9.30. The first kappa shape index (κ1) is 14.8. The third-order valence-electron chi connectivity index (χ3n) is 4.31. The van der Waals surface area contributed by atoms with Crippen molar-refractivity contribution in [3.05, 3.63) is 51.7 Å². The summed E-state index contributed by atoms with van der Waals surface area (Å²) in [5.41, 5.74) is 2.33. The number of nitrogens with one attached hydrogen (secondary N) is 1. The van der Waals surface area contributed by atoms with Crippen LogP contribution in [0.3, 0.4) is 0 Å². The Bertz CT molecular complexity index is 839. The molecule has 2 aromatic heterocycles. The van der Waals surface area contributed by atoms with Gasteiger partial charge in [0.05, 0.1) is 22.3 Å². The van der Waals surface area contributed by atoms with Gasteiger partial charge in [0.25, 0.3) is 5.91 Å². The second-order valence-electron chi connectivity index (χ2n) is 5.89. The van der Waals surface area contributed by atoms with Crippen LogP contribution < -0.4 is 5.32 Å². The molecule has 6 heteroatoms. The predicted molar refractivity (Wildman–Crippen MR) is 92.9 cm³/mol. The molecule has 3 aromatic rings. The van der Waals surface area contributed by atoms with Crippen LogP contribution in [0.5, 0.6) is 0 Å². The van der Waals surface area contributed by atoms with Gasteiger partial charge in [-0.3, -0.25) is 4.79 Å². The molecule has 1 aliphatic rings. The minimum Gasteiger partial charge on any atom is -0.382 e. The molecule has 0 spiro atoms. The van der Waals surface area contributed by atoms with E-state index in [4.69, 9.17) is 0 Å². The maximum absolute atomic E-state index is 12.4. The van der Waals surface area contributed by atoms with Gasteiger partial charge < -0.3 is 10.4 Å². The van der Waals surface area contributed by atoms with E-state index in [-0.39, 0.29) is 18.4 Å². The molecule has 1 unspecified atom stereocenters. The minimum absolute atomic E-state index is 0.157. The number of amides is 1. The Labute approximate surface area is 141 Å². The fraction of sp³-hybridized carbons (Fsp3) is 0.294. The molecule has 2 heterocycles. The highest BCUT2D eigenvalue weighted by Crippen LogP contribution is 2.46. The van der Waals surface area contributed by atoms with Crippen molar-refractivity contribution in [1.82, 2.24) is 10.3 Å². The zero-order valence-corrected chi connectivity index (χ0v) is 14.0. The van der Waals surface area contributed by atoms with E-state index in [0.717, 1.165) is 27.9 Å². The number of fused-ring (bicyclic) bond motifs is 1. The molecule has 1 fully saturated rings. The molecule has 4 nitrogen and oxygen atoms in total. The van der Waals surface area contributed by atoms with Gasteiger partial charge in [-0.1, -0.05) is 6.07 Å². The Morgan fingerprint density at radius 2 is 2.22 bits per heavy atom. The van der Waals surface area contributed by atoms with Crippen LogP contribution >= 0.6 is 22.7 Å². The summed E-state index contributed by atoms with van der Waals surface area (Å²) in [5.74, 6) is 0.0846. The van der Waals surface area contributed by atoms with Crippen molar-refractivity contribution >= 4 is 38.8 Å². The molecule has 118 valence electrons. The molecule has 1 amide bonds. The van der Waals surface area contributed by atoms with Crippen molar-refractivity contribution in [3.8, 4) is 0 Å².